The monoisotopic (exact) mass is 316 g/mol. The molecule has 0 bridgehead atoms. The lowest BCUT2D eigenvalue weighted by Crippen LogP contribution is -2.46. The minimum Gasteiger partial charge on any atom is -0.459 e. The second-order valence-corrected chi connectivity index (χ2v) is 5.80. The zero-order valence-electron chi connectivity index (χ0n) is 13.2. The lowest BCUT2D eigenvalue weighted by molar-refractivity contribution is -0.123. The molecule has 7 nitrogen and oxygen atoms in total. The molecule has 0 spiro atoms. The predicted octanol–water partition coefficient (Wildman–Crippen LogP) is 1.33. The van der Waals surface area contributed by atoms with Gasteiger partial charge in [-0.05, 0) is 38.3 Å². The third kappa shape index (κ3) is 3.13. The first-order chi connectivity index (χ1) is 11.1. The van der Waals surface area contributed by atoms with Crippen molar-refractivity contribution < 1.29 is 14.0 Å². The number of aromatic nitrogens is 2. The number of carbonyl (C=O) groups excluding carboxylic acids is 2. The van der Waals surface area contributed by atoms with Gasteiger partial charge in [-0.15, -0.1) is 0 Å². The van der Waals surface area contributed by atoms with Gasteiger partial charge in [-0.1, -0.05) is 0 Å². The van der Waals surface area contributed by atoms with E-state index in [0.717, 1.165) is 30.5 Å². The van der Waals surface area contributed by atoms with Crippen LogP contribution in [-0.4, -0.2) is 27.6 Å². The lowest BCUT2D eigenvalue weighted by Gasteiger charge is -2.25. The molecule has 0 radical (unpaired) electrons. The van der Waals surface area contributed by atoms with Crippen LogP contribution < -0.4 is 10.6 Å². The van der Waals surface area contributed by atoms with Gasteiger partial charge in [0.2, 0.25) is 5.91 Å². The molecule has 2 atom stereocenters. The average molecular weight is 316 g/mol. The lowest BCUT2D eigenvalue weighted by atomic mass is 9.93. The first kappa shape index (κ1) is 15.3. The number of hydrogen-bond donors (Lipinski definition) is 2. The van der Waals surface area contributed by atoms with E-state index in [0.29, 0.717) is 0 Å². The van der Waals surface area contributed by atoms with E-state index in [2.05, 4.69) is 15.7 Å². The van der Waals surface area contributed by atoms with Gasteiger partial charge >= 0.3 is 0 Å². The normalized spacial score (nSPS) is 18.1. The number of aryl methyl sites for hydroxylation is 1. The highest BCUT2D eigenvalue weighted by molar-refractivity contribution is 5.95. The second-order valence-electron chi connectivity index (χ2n) is 5.80. The first-order valence-electron chi connectivity index (χ1n) is 7.71. The second kappa shape index (κ2) is 6.28. The van der Waals surface area contributed by atoms with Gasteiger partial charge in [0.05, 0.1) is 18.5 Å². The van der Waals surface area contributed by atoms with Crippen LogP contribution in [0.1, 0.15) is 47.6 Å². The van der Waals surface area contributed by atoms with Gasteiger partial charge in [0.1, 0.15) is 6.04 Å². The molecule has 0 saturated carbocycles. The van der Waals surface area contributed by atoms with E-state index < -0.39 is 11.9 Å². The Morgan fingerprint density at radius 1 is 1.48 bits per heavy atom. The fourth-order valence-corrected chi connectivity index (χ4v) is 2.89. The highest BCUT2D eigenvalue weighted by Crippen LogP contribution is 2.29. The van der Waals surface area contributed by atoms with Crippen molar-refractivity contribution in [3.63, 3.8) is 0 Å². The smallest absolute Gasteiger partial charge is 0.287 e. The first-order valence-corrected chi connectivity index (χ1v) is 7.71. The molecular formula is C16H20N4O3. The van der Waals surface area contributed by atoms with E-state index in [9.17, 15) is 9.59 Å². The third-order valence-electron chi connectivity index (χ3n) is 4.18. The quantitative estimate of drug-likeness (QED) is 0.890. The SMILES string of the molecule is C[C@H](NC(=O)c1ccco1)C(=O)N[C@@H]1CCCc2c1cnn2C. The maximum Gasteiger partial charge on any atom is 0.287 e. The van der Waals surface area contributed by atoms with Crippen molar-refractivity contribution in [3.05, 3.63) is 41.6 Å². The van der Waals surface area contributed by atoms with Gasteiger partial charge < -0.3 is 15.1 Å². The number of nitrogens with zero attached hydrogens (tertiary/aromatic N) is 2. The van der Waals surface area contributed by atoms with Crippen LogP contribution in [0.25, 0.3) is 0 Å². The maximum atomic E-state index is 12.3. The molecule has 0 unspecified atom stereocenters. The van der Waals surface area contributed by atoms with Crippen molar-refractivity contribution in [2.24, 2.45) is 7.05 Å². The Morgan fingerprint density at radius 2 is 2.30 bits per heavy atom. The van der Waals surface area contributed by atoms with Crippen molar-refractivity contribution in [2.45, 2.75) is 38.3 Å². The Hall–Kier alpha value is -2.57. The van der Waals surface area contributed by atoms with Gasteiger partial charge in [0.25, 0.3) is 5.91 Å². The fraction of sp³-hybridized carbons (Fsp3) is 0.438. The van der Waals surface area contributed by atoms with Crippen LogP contribution in [0.15, 0.2) is 29.0 Å². The van der Waals surface area contributed by atoms with E-state index in [4.69, 9.17) is 4.42 Å². The molecule has 0 fully saturated rings. The summed E-state index contributed by atoms with van der Waals surface area (Å²) < 4.78 is 6.88. The van der Waals surface area contributed by atoms with Crippen molar-refractivity contribution in [3.8, 4) is 0 Å². The average Bonchev–Trinajstić information content (AvgIpc) is 3.18. The maximum absolute atomic E-state index is 12.3. The molecule has 0 aliphatic heterocycles. The minimum absolute atomic E-state index is 0.0529. The molecular weight excluding hydrogens is 296 g/mol. The van der Waals surface area contributed by atoms with Crippen LogP contribution >= 0.6 is 0 Å². The summed E-state index contributed by atoms with van der Waals surface area (Å²) in [6, 6.07) is 2.49. The van der Waals surface area contributed by atoms with Gasteiger partial charge in [-0.3, -0.25) is 14.3 Å². The molecule has 2 aromatic rings. The summed E-state index contributed by atoms with van der Waals surface area (Å²) in [6.07, 6.45) is 6.09. The highest BCUT2D eigenvalue weighted by Gasteiger charge is 2.27. The van der Waals surface area contributed by atoms with Crippen LogP contribution in [0.4, 0.5) is 0 Å². The minimum atomic E-state index is -0.644. The summed E-state index contributed by atoms with van der Waals surface area (Å²) in [5.41, 5.74) is 2.23. The number of hydrogen-bond acceptors (Lipinski definition) is 4. The summed E-state index contributed by atoms with van der Waals surface area (Å²) in [5.74, 6) is -0.424. The third-order valence-corrected chi connectivity index (χ3v) is 4.18. The standard InChI is InChI=1S/C16H20N4O3/c1-10(18-16(22)14-7-4-8-23-14)15(21)19-12-5-3-6-13-11(12)9-17-20(13)2/h4,7-10,12H,3,5-6H2,1-2H3,(H,18,22)(H,19,21)/t10-,12+/m0/s1. The van der Waals surface area contributed by atoms with Crippen LogP contribution in [0.5, 0.6) is 0 Å². The Morgan fingerprint density at radius 3 is 3.04 bits per heavy atom. The molecule has 7 heteroatoms. The van der Waals surface area contributed by atoms with Crippen molar-refractivity contribution in [2.75, 3.05) is 0 Å². The van der Waals surface area contributed by atoms with Crippen molar-refractivity contribution in [1.29, 1.82) is 0 Å². The predicted molar refractivity (Wildman–Crippen MR) is 82.7 cm³/mol. The van der Waals surface area contributed by atoms with Gasteiger partial charge in [-0.25, -0.2) is 0 Å². The largest absolute Gasteiger partial charge is 0.459 e. The number of rotatable bonds is 4. The molecule has 0 saturated heterocycles. The molecule has 1 aliphatic carbocycles. The van der Waals surface area contributed by atoms with Crippen LogP contribution in [-0.2, 0) is 18.3 Å². The van der Waals surface area contributed by atoms with Crippen molar-refractivity contribution >= 4 is 11.8 Å². The van der Waals surface area contributed by atoms with Crippen LogP contribution in [0.2, 0.25) is 0 Å². The van der Waals surface area contributed by atoms with E-state index in [1.165, 1.54) is 6.26 Å². The summed E-state index contributed by atoms with van der Waals surface area (Å²) in [6.45, 7) is 1.66. The molecule has 2 amide bonds. The molecule has 0 aromatic carbocycles. The molecule has 122 valence electrons. The highest BCUT2D eigenvalue weighted by atomic mass is 16.3. The Balaban J connectivity index is 1.62. The fourth-order valence-electron chi connectivity index (χ4n) is 2.89. The molecule has 2 N–H and O–H groups in total. The summed E-state index contributed by atoms with van der Waals surface area (Å²) in [7, 11) is 1.91. The number of fused-ring (bicyclic) bond motifs is 1. The van der Waals surface area contributed by atoms with E-state index in [1.807, 2.05) is 17.9 Å². The Kier molecular flexibility index (Phi) is 4.18. The van der Waals surface area contributed by atoms with E-state index >= 15 is 0 Å². The number of carbonyl (C=O) groups is 2. The zero-order chi connectivity index (χ0) is 16.4. The van der Waals surface area contributed by atoms with E-state index in [-0.39, 0.29) is 17.7 Å². The summed E-state index contributed by atoms with van der Waals surface area (Å²) in [5, 5.41) is 9.90. The van der Waals surface area contributed by atoms with E-state index in [1.54, 1.807) is 19.1 Å². The summed E-state index contributed by atoms with van der Waals surface area (Å²) >= 11 is 0. The molecule has 3 rings (SSSR count). The van der Waals surface area contributed by atoms with Crippen LogP contribution in [0.3, 0.4) is 0 Å². The zero-order valence-corrected chi connectivity index (χ0v) is 13.2. The van der Waals surface area contributed by atoms with Gasteiger partial charge in [0.15, 0.2) is 5.76 Å². The van der Waals surface area contributed by atoms with Gasteiger partial charge in [0, 0.05) is 18.3 Å². The Labute approximate surface area is 134 Å². The summed E-state index contributed by atoms with van der Waals surface area (Å²) in [4.78, 5) is 24.3. The molecule has 23 heavy (non-hydrogen) atoms. The Bertz CT molecular complexity index is 705. The molecule has 2 heterocycles. The van der Waals surface area contributed by atoms with Gasteiger partial charge in [-0.2, -0.15) is 5.10 Å². The number of amides is 2. The molecule has 1 aliphatic rings. The van der Waals surface area contributed by atoms with Crippen molar-refractivity contribution in [1.82, 2.24) is 20.4 Å². The number of nitrogens with one attached hydrogen (secondary N) is 2. The van der Waals surface area contributed by atoms with Crippen LogP contribution in [0, 0.1) is 0 Å². The molecule has 2 aromatic heterocycles. The topological polar surface area (TPSA) is 89.2 Å². The number of furan rings is 1.